The minimum absolute atomic E-state index is 0.191. The molecule has 0 unspecified atom stereocenters. The molecule has 2 aromatic rings. The quantitative estimate of drug-likeness (QED) is 0.851. The Labute approximate surface area is 92.5 Å². The number of imidazole rings is 1. The number of aliphatic carboxylic acids is 1. The van der Waals surface area contributed by atoms with Gasteiger partial charge >= 0.3 is 5.97 Å². The van der Waals surface area contributed by atoms with E-state index in [1.807, 2.05) is 35.0 Å². The Morgan fingerprint density at radius 1 is 1.50 bits per heavy atom. The molecular weight excluding hydrogens is 204 g/mol. The highest BCUT2D eigenvalue weighted by atomic mass is 16.4. The van der Waals surface area contributed by atoms with Crippen LogP contribution in [0.1, 0.15) is 25.0 Å². The van der Waals surface area contributed by atoms with E-state index >= 15 is 0 Å². The van der Waals surface area contributed by atoms with Crippen LogP contribution >= 0.6 is 0 Å². The summed E-state index contributed by atoms with van der Waals surface area (Å²) in [4.78, 5) is 15.3. The first kappa shape index (κ1) is 9.39. The van der Waals surface area contributed by atoms with Gasteiger partial charge in [0.25, 0.3) is 0 Å². The predicted molar refractivity (Wildman–Crippen MR) is 58.4 cm³/mol. The molecule has 4 heteroatoms. The standard InChI is InChI=1S/C12H12N2O2/c15-11(16)7-12(4-5-12)9-8-14-6-2-1-3-10(14)13-9/h1-3,6,8H,4-5,7H2,(H,15,16). The van der Waals surface area contributed by atoms with Crippen molar-refractivity contribution in [1.29, 1.82) is 0 Å². The van der Waals surface area contributed by atoms with Gasteiger partial charge in [-0.05, 0) is 25.0 Å². The molecule has 0 aliphatic heterocycles. The van der Waals surface area contributed by atoms with Crippen LogP contribution in [-0.4, -0.2) is 20.5 Å². The third-order valence-corrected chi connectivity index (χ3v) is 3.25. The van der Waals surface area contributed by atoms with Gasteiger partial charge in [0.2, 0.25) is 0 Å². The van der Waals surface area contributed by atoms with Gasteiger partial charge in [0.05, 0.1) is 12.1 Å². The lowest BCUT2D eigenvalue weighted by Crippen LogP contribution is -2.13. The number of aromatic nitrogens is 2. The number of fused-ring (bicyclic) bond motifs is 1. The van der Waals surface area contributed by atoms with Gasteiger partial charge in [-0.25, -0.2) is 4.98 Å². The molecule has 0 aromatic carbocycles. The fraction of sp³-hybridized carbons (Fsp3) is 0.333. The van der Waals surface area contributed by atoms with E-state index in [0.29, 0.717) is 0 Å². The molecule has 1 aliphatic carbocycles. The molecule has 82 valence electrons. The lowest BCUT2D eigenvalue weighted by atomic mass is 9.99. The van der Waals surface area contributed by atoms with Gasteiger partial charge in [-0.2, -0.15) is 0 Å². The van der Waals surface area contributed by atoms with Crippen molar-refractivity contribution in [2.45, 2.75) is 24.7 Å². The van der Waals surface area contributed by atoms with Crippen LogP contribution in [0, 0.1) is 0 Å². The molecule has 1 saturated carbocycles. The van der Waals surface area contributed by atoms with Crippen molar-refractivity contribution in [3.8, 4) is 0 Å². The molecule has 0 bridgehead atoms. The average Bonchev–Trinajstić information content (AvgIpc) is 2.89. The van der Waals surface area contributed by atoms with E-state index < -0.39 is 5.97 Å². The molecule has 0 radical (unpaired) electrons. The largest absolute Gasteiger partial charge is 0.481 e. The highest BCUT2D eigenvalue weighted by Crippen LogP contribution is 2.50. The highest BCUT2D eigenvalue weighted by Gasteiger charge is 2.47. The van der Waals surface area contributed by atoms with E-state index in [4.69, 9.17) is 5.11 Å². The third-order valence-electron chi connectivity index (χ3n) is 3.25. The number of hydrogen-bond acceptors (Lipinski definition) is 2. The zero-order valence-electron chi connectivity index (χ0n) is 8.76. The number of rotatable bonds is 3. The van der Waals surface area contributed by atoms with Crippen LogP contribution in [0.25, 0.3) is 5.65 Å². The van der Waals surface area contributed by atoms with E-state index in [0.717, 1.165) is 24.2 Å². The van der Waals surface area contributed by atoms with Gasteiger partial charge in [-0.1, -0.05) is 6.07 Å². The van der Waals surface area contributed by atoms with Gasteiger partial charge in [0.1, 0.15) is 5.65 Å². The Morgan fingerprint density at radius 3 is 2.94 bits per heavy atom. The monoisotopic (exact) mass is 216 g/mol. The van der Waals surface area contributed by atoms with Crippen molar-refractivity contribution in [2.75, 3.05) is 0 Å². The second kappa shape index (κ2) is 3.07. The summed E-state index contributed by atoms with van der Waals surface area (Å²) in [5.41, 5.74) is 1.60. The summed E-state index contributed by atoms with van der Waals surface area (Å²) in [5.74, 6) is -0.741. The second-order valence-corrected chi connectivity index (χ2v) is 4.44. The molecule has 1 N–H and O–H groups in total. The van der Waals surface area contributed by atoms with Crippen LogP contribution in [0.4, 0.5) is 0 Å². The Morgan fingerprint density at radius 2 is 2.31 bits per heavy atom. The molecule has 2 heterocycles. The summed E-state index contributed by atoms with van der Waals surface area (Å²) in [6.45, 7) is 0. The predicted octanol–water partition coefficient (Wildman–Crippen LogP) is 1.84. The van der Waals surface area contributed by atoms with Gasteiger partial charge in [-0.15, -0.1) is 0 Å². The number of carboxylic acids is 1. The van der Waals surface area contributed by atoms with E-state index in [2.05, 4.69) is 4.98 Å². The Bertz CT molecular complexity index is 522. The maximum atomic E-state index is 10.8. The molecule has 4 nitrogen and oxygen atoms in total. The molecule has 0 saturated heterocycles. The van der Waals surface area contributed by atoms with E-state index in [1.54, 1.807) is 0 Å². The van der Waals surface area contributed by atoms with Crippen LogP contribution in [0.15, 0.2) is 30.6 Å². The first-order valence-electron chi connectivity index (χ1n) is 5.36. The van der Waals surface area contributed by atoms with Crippen LogP contribution in [0.5, 0.6) is 0 Å². The van der Waals surface area contributed by atoms with Crippen molar-refractivity contribution < 1.29 is 9.90 Å². The minimum atomic E-state index is -0.741. The maximum Gasteiger partial charge on any atom is 0.304 e. The van der Waals surface area contributed by atoms with Crippen LogP contribution < -0.4 is 0 Å². The van der Waals surface area contributed by atoms with Crippen LogP contribution in [0.2, 0.25) is 0 Å². The summed E-state index contributed by atoms with van der Waals surface area (Å²) in [5, 5.41) is 8.89. The number of hydrogen-bond donors (Lipinski definition) is 1. The molecule has 0 atom stereocenters. The normalized spacial score (nSPS) is 17.5. The van der Waals surface area contributed by atoms with E-state index in [-0.39, 0.29) is 11.8 Å². The lowest BCUT2D eigenvalue weighted by Gasteiger charge is -2.07. The molecule has 0 spiro atoms. The minimum Gasteiger partial charge on any atom is -0.481 e. The fourth-order valence-electron chi connectivity index (χ4n) is 2.15. The zero-order valence-corrected chi connectivity index (χ0v) is 8.76. The number of carboxylic acid groups (broad SMARTS) is 1. The van der Waals surface area contributed by atoms with Crippen molar-refractivity contribution in [3.63, 3.8) is 0 Å². The fourth-order valence-corrected chi connectivity index (χ4v) is 2.15. The average molecular weight is 216 g/mol. The van der Waals surface area contributed by atoms with Crippen molar-refractivity contribution in [1.82, 2.24) is 9.38 Å². The third kappa shape index (κ3) is 1.38. The van der Waals surface area contributed by atoms with Gasteiger partial charge in [-0.3, -0.25) is 4.79 Å². The second-order valence-electron chi connectivity index (χ2n) is 4.44. The maximum absolute atomic E-state index is 10.8. The Balaban J connectivity index is 2.03. The lowest BCUT2D eigenvalue weighted by molar-refractivity contribution is -0.137. The number of pyridine rings is 1. The van der Waals surface area contributed by atoms with E-state index in [9.17, 15) is 4.79 Å². The summed E-state index contributed by atoms with van der Waals surface area (Å²) >= 11 is 0. The first-order chi connectivity index (χ1) is 7.70. The first-order valence-corrected chi connectivity index (χ1v) is 5.36. The summed E-state index contributed by atoms with van der Waals surface area (Å²) in [7, 11) is 0. The molecular formula is C12H12N2O2. The molecule has 16 heavy (non-hydrogen) atoms. The van der Waals surface area contributed by atoms with E-state index in [1.165, 1.54) is 0 Å². The molecule has 3 rings (SSSR count). The summed E-state index contributed by atoms with van der Waals surface area (Å²) in [6.07, 6.45) is 5.94. The van der Waals surface area contributed by atoms with Gasteiger partial charge in [0.15, 0.2) is 0 Å². The molecule has 1 fully saturated rings. The Hall–Kier alpha value is -1.84. The van der Waals surface area contributed by atoms with Gasteiger partial charge in [0, 0.05) is 17.8 Å². The summed E-state index contributed by atoms with van der Waals surface area (Å²) in [6, 6.07) is 5.80. The number of carbonyl (C=O) groups is 1. The highest BCUT2D eigenvalue weighted by molar-refractivity contribution is 5.70. The Kier molecular flexibility index (Phi) is 1.80. The SMILES string of the molecule is O=C(O)CC1(c2cn3ccccc3n2)CC1. The smallest absolute Gasteiger partial charge is 0.304 e. The molecule has 0 amide bonds. The topological polar surface area (TPSA) is 54.6 Å². The van der Waals surface area contributed by atoms with Crippen LogP contribution in [-0.2, 0) is 10.2 Å². The van der Waals surface area contributed by atoms with Crippen molar-refractivity contribution >= 4 is 11.6 Å². The van der Waals surface area contributed by atoms with Crippen LogP contribution in [0.3, 0.4) is 0 Å². The number of nitrogens with zero attached hydrogens (tertiary/aromatic N) is 2. The van der Waals surface area contributed by atoms with Crippen molar-refractivity contribution in [2.24, 2.45) is 0 Å². The molecule has 1 aliphatic rings. The summed E-state index contributed by atoms with van der Waals surface area (Å²) < 4.78 is 1.94. The van der Waals surface area contributed by atoms with Gasteiger partial charge < -0.3 is 9.51 Å². The van der Waals surface area contributed by atoms with Crippen molar-refractivity contribution in [3.05, 3.63) is 36.3 Å². The zero-order chi connectivity index (χ0) is 11.2. The molecule has 2 aromatic heterocycles.